The lowest BCUT2D eigenvalue weighted by atomic mass is 9.85. The van der Waals surface area contributed by atoms with Gasteiger partial charge in [-0.15, -0.1) is 0 Å². The molecule has 4 atom stereocenters. The number of allylic oxidation sites excluding steroid dienone is 1. The molecule has 2 rings (SSSR count). The average molecular weight is 313 g/mol. The highest BCUT2D eigenvalue weighted by atomic mass is 32.2. The summed E-state index contributed by atoms with van der Waals surface area (Å²) < 4.78 is 4.49. The maximum absolute atomic E-state index is 12.2. The molecule has 1 amide bonds. The highest BCUT2D eigenvalue weighted by Crippen LogP contribution is 2.45. The van der Waals surface area contributed by atoms with Crippen LogP contribution in [0.15, 0.2) is 12.2 Å². The molecule has 2 fully saturated rings. The maximum atomic E-state index is 12.2. The largest absolute Gasteiger partial charge is 0.480 e. The minimum absolute atomic E-state index is 0.0232. The molecule has 7 heteroatoms. The van der Waals surface area contributed by atoms with E-state index in [0.717, 1.165) is 5.75 Å². The summed E-state index contributed by atoms with van der Waals surface area (Å²) in [6.45, 7) is 1.98. The number of aliphatic carboxylic acids is 1. The number of carbonyl (C=O) groups excluding carboxylic acids is 2. The molecule has 2 aliphatic heterocycles. The molecule has 0 aromatic carbocycles. The van der Waals surface area contributed by atoms with Gasteiger partial charge in [0.15, 0.2) is 0 Å². The summed E-state index contributed by atoms with van der Waals surface area (Å²) >= 11 is 1.59. The topological polar surface area (TPSA) is 83.9 Å². The minimum Gasteiger partial charge on any atom is -0.480 e. The molecule has 2 saturated heterocycles. The van der Waals surface area contributed by atoms with Crippen LogP contribution in [0.25, 0.3) is 0 Å². The van der Waals surface area contributed by atoms with Gasteiger partial charge in [-0.1, -0.05) is 13.0 Å². The molecule has 0 aromatic heterocycles. The predicted octanol–water partition coefficient (Wildman–Crippen LogP) is 0.911. The number of carboxylic acid groups (broad SMARTS) is 1. The lowest BCUT2D eigenvalue weighted by Crippen LogP contribution is -2.61. The number of fused-ring (bicyclic) bond motifs is 1. The van der Waals surface area contributed by atoms with Gasteiger partial charge in [-0.2, -0.15) is 11.8 Å². The third kappa shape index (κ3) is 2.92. The van der Waals surface area contributed by atoms with Crippen molar-refractivity contribution in [3.8, 4) is 0 Å². The number of nitrogens with zero attached hydrogens (tertiary/aromatic N) is 1. The van der Waals surface area contributed by atoms with Crippen LogP contribution >= 0.6 is 11.8 Å². The second-order valence-corrected chi connectivity index (χ2v) is 6.61. The predicted molar refractivity (Wildman–Crippen MR) is 77.9 cm³/mol. The van der Waals surface area contributed by atoms with E-state index in [1.54, 1.807) is 17.8 Å². The number of hydrogen-bond donors (Lipinski definition) is 1. The number of β-lactam (4-membered cyclic amide) rings is 1. The number of thioether (sulfide) groups is 1. The zero-order valence-electron chi connectivity index (χ0n) is 12.0. The summed E-state index contributed by atoms with van der Waals surface area (Å²) in [6, 6.07) is -0.738. The fourth-order valence-corrected chi connectivity index (χ4v) is 4.28. The molecular formula is C14H19NO5S. The molecule has 21 heavy (non-hydrogen) atoms. The van der Waals surface area contributed by atoms with E-state index < -0.39 is 18.0 Å². The Bertz CT molecular complexity index is 478. The van der Waals surface area contributed by atoms with Gasteiger partial charge in [0.1, 0.15) is 6.04 Å². The number of ether oxygens (including phenoxy) is 1. The van der Waals surface area contributed by atoms with E-state index in [1.807, 2.05) is 6.92 Å². The van der Waals surface area contributed by atoms with Gasteiger partial charge in [0.05, 0.1) is 13.0 Å². The van der Waals surface area contributed by atoms with Crippen LogP contribution in [0.4, 0.5) is 0 Å². The Morgan fingerprint density at radius 3 is 2.81 bits per heavy atom. The first-order valence-electron chi connectivity index (χ1n) is 6.92. The zero-order chi connectivity index (χ0) is 15.6. The van der Waals surface area contributed by atoms with Crippen LogP contribution in [-0.2, 0) is 19.1 Å². The summed E-state index contributed by atoms with van der Waals surface area (Å²) in [7, 11) is 1.30. The maximum Gasteiger partial charge on any atom is 0.330 e. The number of hydrogen-bond acceptors (Lipinski definition) is 5. The highest BCUT2D eigenvalue weighted by Gasteiger charge is 2.59. The van der Waals surface area contributed by atoms with Gasteiger partial charge in [0, 0.05) is 17.4 Å². The first kappa shape index (κ1) is 15.9. The van der Waals surface area contributed by atoms with Crippen molar-refractivity contribution in [2.75, 3.05) is 12.9 Å². The summed E-state index contributed by atoms with van der Waals surface area (Å²) in [5.74, 6) is -0.889. The number of carboxylic acids is 1. The van der Waals surface area contributed by atoms with Crippen LogP contribution < -0.4 is 0 Å². The van der Waals surface area contributed by atoms with Gasteiger partial charge in [-0.25, -0.2) is 9.59 Å². The second-order valence-electron chi connectivity index (χ2n) is 5.09. The molecule has 0 saturated carbocycles. The molecule has 0 bridgehead atoms. The zero-order valence-corrected chi connectivity index (χ0v) is 12.8. The minimum atomic E-state index is -0.930. The molecule has 0 aromatic rings. The summed E-state index contributed by atoms with van der Waals surface area (Å²) in [5.41, 5.74) is 0. The van der Waals surface area contributed by atoms with Crippen molar-refractivity contribution in [2.45, 2.75) is 37.1 Å². The number of methoxy groups -OCH3 is 1. The third-order valence-corrected chi connectivity index (χ3v) is 5.21. The fraction of sp³-hybridized carbons (Fsp3) is 0.643. The Morgan fingerprint density at radius 2 is 2.24 bits per heavy atom. The first-order chi connectivity index (χ1) is 10.0. The van der Waals surface area contributed by atoms with E-state index in [9.17, 15) is 19.5 Å². The molecule has 1 N–H and O–H groups in total. The van der Waals surface area contributed by atoms with Crippen LogP contribution in [0, 0.1) is 5.92 Å². The van der Waals surface area contributed by atoms with Gasteiger partial charge >= 0.3 is 11.9 Å². The highest BCUT2D eigenvalue weighted by molar-refractivity contribution is 7.99. The van der Waals surface area contributed by atoms with Crippen LogP contribution in [0.5, 0.6) is 0 Å². The van der Waals surface area contributed by atoms with E-state index >= 15 is 0 Å². The Kier molecular flexibility index (Phi) is 4.92. The first-order valence-corrected chi connectivity index (χ1v) is 7.97. The van der Waals surface area contributed by atoms with Crippen molar-refractivity contribution in [3.05, 3.63) is 12.2 Å². The normalized spacial score (nSPS) is 31.1. The fourth-order valence-electron chi connectivity index (χ4n) is 3.09. The molecule has 0 spiro atoms. The molecule has 6 nitrogen and oxygen atoms in total. The van der Waals surface area contributed by atoms with Crippen LogP contribution in [0.1, 0.15) is 19.8 Å². The number of esters is 1. The van der Waals surface area contributed by atoms with Gasteiger partial charge in [0.2, 0.25) is 5.91 Å². The summed E-state index contributed by atoms with van der Waals surface area (Å²) in [6.07, 6.45) is 4.09. The van der Waals surface area contributed by atoms with E-state index in [4.69, 9.17) is 0 Å². The standard InChI is InChI=1S/C14H19NO5S/c1-3-21-10-7-9-8(5-4-6-11(16)20-2)13(17)15(9)12(10)14(18)19/h4,6,8-10,12H,3,5,7H2,1-2H3,(H,18,19)/t8?,9?,10?,12-/m1/s1. The molecule has 0 aliphatic carbocycles. The van der Waals surface area contributed by atoms with Crippen LogP contribution in [0.3, 0.4) is 0 Å². The third-order valence-electron chi connectivity index (χ3n) is 4.00. The van der Waals surface area contributed by atoms with Gasteiger partial charge in [-0.05, 0) is 18.6 Å². The van der Waals surface area contributed by atoms with Crippen molar-refractivity contribution in [1.82, 2.24) is 4.90 Å². The average Bonchev–Trinajstić information content (AvgIpc) is 2.79. The van der Waals surface area contributed by atoms with Gasteiger partial charge < -0.3 is 14.7 Å². The van der Waals surface area contributed by atoms with Crippen LogP contribution in [0.2, 0.25) is 0 Å². The van der Waals surface area contributed by atoms with E-state index in [0.29, 0.717) is 12.8 Å². The Labute approximate surface area is 127 Å². The molecular weight excluding hydrogens is 294 g/mol. The lowest BCUT2D eigenvalue weighted by Gasteiger charge is -2.44. The van der Waals surface area contributed by atoms with Crippen molar-refractivity contribution in [1.29, 1.82) is 0 Å². The van der Waals surface area contributed by atoms with E-state index in [2.05, 4.69) is 4.74 Å². The molecule has 116 valence electrons. The molecule has 0 radical (unpaired) electrons. The second kappa shape index (κ2) is 6.51. The van der Waals surface area contributed by atoms with Gasteiger partial charge in [-0.3, -0.25) is 4.79 Å². The monoisotopic (exact) mass is 313 g/mol. The lowest BCUT2D eigenvalue weighted by molar-refractivity contribution is -0.163. The van der Waals surface area contributed by atoms with Crippen molar-refractivity contribution in [3.63, 3.8) is 0 Å². The number of amides is 1. The molecule has 2 aliphatic rings. The Morgan fingerprint density at radius 1 is 1.52 bits per heavy atom. The number of carbonyl (C=O) groups is 3. The SMILES string of the molecule is CCSC1CC2C(CC=CC(=O)OC)C(=O)N2[C@H]1C(=O)O. The van der Waals surface area contributed by atoms with E-state index in [1.165, 1.54) is 18.1 Å². The Hall–Kier alpha value is -1.50. The van der Waals surface area contributed by atoms with Gasteiger partial charge in [0.25, 0.3) is 0 Å². The van der Waals surface area contributed by atoms with E-state index in [-0.39, 0.29) is 23.1 Å². The van der Waals surface area contributed by atoms with Crippen LogP contribution in [-0.4, -0.2) is 58.0 Å². The quantitative estimate of drug-likeness (QED) is 0.446. The van der Waals surface area contributed by atoms with Crippen molar-refractivity contribution in [2.24, 2.45) is 5.92 Å². The number of rotatable bonds is 6. The Balaban J connectivity index is 2.02. The van der Waals surface area contributed by atoms with Crippen molar-refractivity contribution < 1.29 is 24.2 Å². The molecule has 3 unspecified atom stereocenters. The summed E-state index contributed by atoms with van der Waals surface area (Å²) in [4.78, 5) is 36.1. The smallest absolute Gasteiger partial charge is 0.330 e. The van der Waals surface area contributed by atoms with Crippen molar-refractivity contribution >= 4 is 29.6 Å². The molecule has 2 heterocycles. The summed E-state index contributed by atoms with van der Waals surface area (Å²) in [5, 5.41) is 9.29.